The van der Waals surface area contributed by atoms with Gasteiger partial charge in [-0.3, -0.25) is 0 Å². The predicted octanol–water partition coefficient (Wildman–Crippen LogP) is 2.87. The zero-order valence-corrected chi connectivity index (χ0v) is 10.5. The van der Waals surface area contributed by atoms with Gasteiger partial charge in [0.25, 0.3) is 0 Å². The zero-order chi connectivity index (χ0) is 11.8. The molecule has 1 aromatic rings. The van der Waals surface area contributed by atoms with E-state index < -0.39 is 0 Å². The number of nitrogens with zero attached hydrogens (tertiary/aromatic N) is 1. The Bertz CT molecular complexity index is 375. The second kappa shape index (κ2) is 4.10. The van der Waals surface area contributed by atoms with Gasteiger partial charge < -0.3 is 9.59 Å². The van der Waals surface area contributed by atoms with Gasteiger partial charge in [-0.25, -0.2) is 0 Å². The molecule has 0 saturated heterocycles. The Morgan fingerprint density at radius 3 is 2.44 bits per heavy atom. The van der Waals surface area contributed by atoms with Crippen LogP contribution in [0, 0.1) is 0 Å². The molecule has 0 heterocycles. The molecule has 1 aromatic carbocycles. The van der Waals surface area contributed by atoms with E-state index in [4.69, 9.17) is 0 Å². The second-order valence-corrected chi connectivity index (χ2v) is 5.97. The van der Waals surface area contributed by atoms with E-state index in [1.54, 1.807) is 0 Å². The standard InChI is InChI=1S/C14H21NO/c1-15(2,3)10-11-7-8-14(16)13(9-11)12-5-4-6-12/h7-9,12H,4-6,10H2,1-3H3/p+1. The summed E-state index contributed by atoms with van der Waals surface area (Å²) in [6, 6.07) is 6.10. The first-order valence-electron chi connectivity index (χ1n) is 6.08. The minimum absolute atomic E-state index is 0.481. The first-order chi connectivity index (χ1) is 7.46. The maximum atomic E-state index is 9.86. The summed E-state index contributed by atoms with van der Waals surface area (Å²) < 4.78 is 0.925. The van der Waals surface area contributed by atoms with Crippen LogP contribution in [-0.2, 0) is 6.54 Å². The van der Waals surface area contributed by atoms with Gasteiger partial charge in [0.15, 0.2) is 0 Å². The summed E-state index contributed by atoms with van der Waals surface area (Å²) in [6.07, 6.45) is 3.78. The van der Waals surface area contributed by atoms with Crippen molar-refractivity contribution in [2.75, 3.05) is 21.1 Å². The van der Waals surface area contributed by atoms with Crippen LogP contribution in [0.1, 0.15) is 36.3 Å². The lowest BCUT2D eigenvalue weighted by atomic mass is 9.79. The van der Waals surface area contributed by atoms with Gasteiger partial charge in [0.05, 0.1) is 21.1 Å². The van der Waals surface area contributed by atoms with Crippen LogP contribution in [0.5, 0.6) is 5.75 Å². The summed E-state index contributed by atoms with van der Waals surface area (Å²) in [5.41, 5.74) is 2.49. The summed E-state index contributed by atoms with van der Waals surface area (Å²) in [5.74, 6) is 1.09. The van der Waals surface area contributed by atoms with Gasteiger partial charge in [0.1, 0.15) is 12.3 Å². The van der Waals surface area contributed by atoms with E-state index in [0.717, 1.165) is 16.6 Å². The van der Waals surface area contributed by atoms with E-state index in [1.807, 2.05) is 12.1 Å². The third kappa shape index (κ3) is 2.56. The Morgan fingerprint density at radius 2 is 1.94 bits per heavy atom. The molecular formula is C14H22NO+. The van der Waals surface area contributed by atoms with Crippen LogP contribution in [0.25, 0.3) is 0 Å². The molecule has 0 amide bonds. The highest BCUT2D eigenvalue weighted by molar-refractivity contribution is 5.39. The molecule has 1 saturated carbocycles. The number of aromatic hydroxyl groups is 1. The maximum Gasteiger partial charge on any atom is 0.119 e. The fourth-order valence-electron chi connectivity index (χ4n) is 2.30. The largest absolute Gasteiger partial charge is 0.508 e. The first-order valence-corrected chi connectivity index (χ1v) is 6.08. The van der Waals surface area contributed by atoms with E-state index in [9.17, 15) is 5.11 Å². The average molecular weight is 220 g/mol. The van der Waals surface area contributed by atoms with Gasteiger partial charge in [-0.2, -0.15) is 0 Å². The highest BCUT2D eigenvalue weighted by atomic mass is 16.3. The smallest absolute Gasteiger partial charge is 0.119 e. The molecule has 88 valence electrons. The monoisotopic (exact) mass is 220 g/mol. The third-order valence-corrected chi connectivity index (χ3v) is 3.29. The van der Waals surface area contributed by atoms with E-state index >= 15 is 0 Å². The lowest BCUT2D eigenvalue weighted by Gasteiger charge is -2.28. The summed E-state index contributed by atoms with van der Waals surface area (Å²) in [5, 5.41) is 9.86. The molecule has 2 nitrogen and oxygen atoms in total. The Morgan fingerprint density at radius 1 is 1.25 bits per heavy atom. The normalized spacial score (nSPS) is 17.2. The van der Waals surface area contributed by atoms with Gasteiger partial charge in [0.2, 0.25) is 0 Å². The lowest BCUT2D eigenvalue weighted by molar-refractivity contribution is -0.884. The van der Waals surface area contributed by atoms with Crippen molar-refractivity contribution >= 4 is 0 Å². The summed E-state index contributed by atoms with van der Waals surface area (Å²) in [7, 11) is 6.57. The fourth-order valence-corrected chi connectivity index (χ4v) is 2.30. The molecule has 0 bridgehead atoms. The third-order valence-electron chi connectivity index (χ3n) is 3.29. The Labute approximate surface area is 98.1 Å². The molecule has 0 aliphatic heterocycles. The maximum absolute atomic E-state index is 9.86. The number of phenols is 1. The molecule has 1 aliphatic carbocycles. The van der Waals surface area contributed by atoms with Crippen molar-refractivity contribution in [1.82, 2.24) is 0 Å². The number of hydrogen-bond acceptors (Lipinski definition) is 1. The number of rotatable bonds is 3. The number of phenolic OH excluding ortho intramolecular Hbond substituents is 1. The van der Waals surface area contributed by atoms with Crippen molar-refractivity contribution in [3.8, 4) is 5.75 Å². The van der Waals surface area contributed by atoms with E-state index in [1.165, 1.54) is 24.8 Å². The van der Waals surface area contributed by atoms with Crippen LogP contribution >= 0.6 is 0 Å². The molecule has 0 spiro atoms. The highest BCUT2D eigenvalue weighted by Gasteiger charge is 2.23. The van der Waals surface area contributed by atoms with E-state index in [-0.39, 0.29) is 0 Å². The van der Waals surface area contributed by atoms with E-state index in [2.05, 4.69) is 27.2 Å². The van der Waals surface area contributed by atoms with Crippen LogP contribution in [-0.4, -0.2) is 30.7 Å². The van der Waals surface area contributed by atoms with Crippen LogP contribution in [0.3, 0.4) is 0 Å². The summed E-state index contributed by atoms with van der Waals surface area (Å²) >= 11 is 0. The quantitative estimate of drug-likeness (QED) is 0.777. The Hall–Kier alpha value is -1.02. The SMILES string of the molecule is C[N+](C)(C)Cc1ccc(O)c(C2CCC2)c1. The van der Waals surface area contributed by atoms with Crippen molar-refractivity contribution in [2.24, 2.45) is 0 Å². The van der Waals surface area contributed by atoms with Gasteiger partial charge >= 0.3 is 0 Å². The first kappa shape index (κ1) is 11.5. The molecule has 2 rings (SSSR count). The van der Waals surface area contributed by atoms with Gasteiger partial charge in [-0.05, 0) is 42.5 Å². The van der Waals surface area contributed by atoms with Crippen molar-refractivity contribution in [1.29, 1.82) is 0 Å². The lowest BCUT2D eigenvalue weighted by Crippen LogP contribution is -2.33. The molecular weight excluding hydrogens is 198 g/mol. The Balaban J connectivity index is 2.21. The zero-order valence-electron chi connectivity index (χ0n) is 10.5. The predicted molar refractivity (Wildman–Crippen MR) is 66.4 cm³/mol. The Kier molecular flexibility index (Phi) is 2.94. The average Bonchev–Trinajstić information content (AvgIpc) is 2.05. The summed E-state index contributed by atoms with van der Waals surface area (Å²) in [6.45, 7) is 1.01. The van der Waals surface area contributed by atoms with Crippen molar-refractivity contribution in [3.63, 3.8) is 0 Å². The van der Waals surface area contributed by atoms with Crippen molar-refractivity contribution in [2.45, 2.75) is 31.7 Å². The van der Waals surface area contributed by atoms with Crippen molar-refractivity contribution < 1.29 is 9.59 Å². The van der Waals surface area contributed by atoms with Crippen molar-refractivity contribution in [3.05, 3.63) is 29.3 Å². The van der Waals surface area contributed by atoms with Crippen LogP contribution < -0.4 is 0 Å². The van der Waals surface area contributed by atoms with Crippen LogP contribution in [0.15, 0.2) is 18.2 Å². The molecule has 0 aromatic heterocycles. The number of hydrogen-bond donors (Lipinski definition) is 1. The summed E-state index contributed by atoms with van der Waals surface area (Å²) in [4.78, 5) is 0. The van der Waals surface area contributed by atoms with Gasteiger partial charge in [-0.1, -0.05) is 6.42 Å². The fraction of sp³-hybridized carbons (Fsp3) is 0.571. The van der Waals surface area contributed by atoms with Crippen LogP contribution in [0.4, 0.5) is 0 Å². The second-order valence-electron chi connectivity index (χ2n) is 5.97. The molecule has 2 heteroatoms. The minimum atomic E-state index is 0.481. The number of quaternary nitrogens is 1. The van der Waals surface area contributed by atoms with E-state index in [0.29, 0.717) is 11.7 Å². The minimum Gasteiger partial charge on any atom is -0.508 e. The molecule has 0 unspecified atom stereocenters. The number of benzene rings is 1. The van der Waals surface area contributed by atoms with Gasteiger partial charge in [0, 0.05) is 5.56 Å². The highest BCUT2D eigenvalue weighted by Crippen LogP contribution is 2.40. The molecule has 1 aliphatic rings. The molecule has 1 fully saturated rings. The van der Waals surface area contributed by atoms with Crippen LogP contribution in [0.2, 0.25) is 0 Å². The molecule has 16 heavy (non-hydrogen) atoms. The van der Waals surface area contributed by atoms with Gasteiger partial charge in [-0.15, -0.1) is 0 Å². The topological polar surface area (TPSA) is 20.2 Å². The molecule has 0 radical (unpaired) electrons. The molecule has 1 N–H and O–H groups in total. The molecule has 0 atom stereocenters.